The average molecular weight is 356 g/mol. The Bertz CT molecular complexity index is 128. The van der Waals surface area contributed by atoms with Crippen LogP contribution in [-0.2, 0) is 20.4 Å². The topological polar surface area (TPSA) is 117 Å². The second kappa shape index (κ2) is 36.0. The van der Waals surface area contributed by atoms with E-state index in [1.807, 2.05) is 0 Å². The number of nitrogens with one attached hydrogen (secondary N) is 1. The summed E-state index contributed by atoms with van der Waals surface area (Å²) in [7, 11) is 0. The fourth-order valence-corrected chi connectivity index (χ4v) is 1.12. The maximum atomic E-state index is 8.00. The third-order valence-corrected chi connectivity index (χ3v) is 1.91. The molecular weight excluding hydrogens is 333 g/mol. The van der Waals surface area contributed by atoms with Crippen LogP contribution in [-0.4, -0.2) is 13.1 Å². The predicted octanol–water partition coefficient (Wildman–Crippen LogP) is 3.46. The predicted molar refractivity (Wildman–Crippen MR) is 70.2 cm³/mol. The van der Waals surface area contributed by atoms with E-state index in [2.05, 4.69) is 19.2 Å². The van der Waals surface area contributed by atoms with E-state index in [1.54, 1.807) is 0 Å². The molecule has 0 bridgehead atoms. The van der Waals surface area contributed by atoms with Crippen molar-refractivity contribution in [2.24, 2.45) is 10.7 Å². The maximum absolute atomic E-state index is 8.00. The first-order chi connectivity index (χ1) is 8.24. The van der Waals surface area contributed by atoms with E-state index >= 15 is 0 Å². The zero-order valence-corrected chi connectivity index (χ0v) is 12.6. The van der Waals surface area contributed by atoms with Crippen LogP contribution in [0.1, 0.15) is 52.4 Å². The number of rotatable bonds is 8. The van der Waals surface area contributed by atoms with E-state index in [0.717, 1.165) is 10.7 Å². The second-order valence-electron chi connectivity index (χ2n) is 3.31. The van der Waals surface area contributed by atoms with E-state index in [0.29, 0.717) is 0 Å². The van der Waals surface area contributed by atoms with Crippen LogP contribution in [0.3, 0.4) is 0 Å². The van der Waals surface area contributed by atoms with Gasteiger partial charge in [0, 0.05) is 0 Å². The van der Waals surface area contributed by atoms with Gasteiger partial charge in [-0.1, -0.05) is 39.5 Å². The second-order valence-corrected chi connectivity index (χ2v) is 3.31. The van der Waals surface area contributed by atoms with Crippen molar-refractivity contribution in [3.05, 3.63) is 20.2 Å². The van der Waals surface area contributed by atoms with Gasteiger partial charge in [0.25, 0.3) is 0 Å². The molecule has 8 heteroatoms. The third kappa shape index (κ3) is 58.2. The Balaban J connectivity index is -0.000000119. The zero-order valence-electron chi connectivity index (χ0n) is 11.0. The van der Waals surface area contributed by atoms with Gasteiger partial charge in [-0.15, -0.1) is 10.7 Å². The van der Waals surface area contributed by atoms with Crippen LogP contribution >= 0.6 is 0 Å². The summed E-state index contributed by atoms with van der Waals surface area (Å²) in [6.07, 6.45) is 8.11. The molecule has 0 spiro atoms. The molecule has 0 aliphatic carbocycles. The molecule has 0 radical (unpaired) electrons. The molecule has 0 rings (SSSR count). The number of unbranched alkanes of at least 4 members (excludes halogenated alkanes) is 4. The molecule has 1 N–H and O–H groups in total. The van der Waals surface area contributed by atoms with Gasteiger partial charge in [-0.2, -0.15) is 0 Å². The van der Waals surface area contributed by atoms with Crippen molar-refractivity contribution >= 4 is 0 Å². The van der Waals surface area contributed by atoms with Crippen molar-refractivity contribution in [1.82, 2.24) is 5.32 Å². The molecule has 112 valence electrons. The first-order valence-electron chi connectivity index (χ1n) is 5.85. The van der Waals surface area contributed by atoms with Crippen molar-refractivity contribution in [3.8, 4) is 0 Å². The fraction of sp³-hybridized carbons (Fsp3) is 1.00. The van der Waals surface area contributed by atoms with Crippen LogP contribution in [0.2, 0.25) is 0 Å². The SMILES string of the molecule is CCCCCNCCCCC.O=N[O-].O=N[O-].[Pd+2]. The minimum absolute atomic E-state index is 0. The minimum Gasteiger partial charge on any atom is -0.444 e. The molecule has 0 aliphatic heterocycles. The molecule has 0 heterocycles. The van der Waals surface area contributed by atoms with E-state index in [9.17, 15) is 0 Å². The third-order valence-electron chi connectivity index (χ3n) is 1.91. The normalized spacial score (nSPS) is 7.67. The summed E-state index contributed by atoms with van der Waals surface area (Å²) in [5.41, 5.74) is 0. The van der Waals surface area contributed by atoms with Gasteiger partial charge >= 0.3 is 20.4 Å². The van der Waals surface area contributed by atoms with Crippen LogP contribution in [0.4, 0.5) is 0 Å². The Morgan fingerprint density at radius 3 is 1.33 bits per heavy atom. The molecule has 0 aliphatic rings. The zero-order chi connectivity index (χ0) is 13.8. The summed E-state index contributed by atoms with van der Waals surface area (Å²) in [4.78, 5) is 16.0. The summed E-state index contributed by atoms with van der Waals surface area (Å²) in [5.74, 6) is 0. The minimum atomic E-state index is 0. The number of nitrogens with zero attached hydrogens (tertiary/aromatic N) is 2. The van der Waals surface area contributed by atoms with Gasteiger partial charge < -0.3 is 25.5 Å². The van der Waals surface area contributed by atoms with Crippen LogP contribution in [0.15, 0.2) is 10.7 Å². The standard InChI is InChI=1S/C10H23N.2HNO2.Pd/c1-3-5-7-9-11-10-8-6-4-2;2*2-1-3;/h11H,3-10H2,1-2H3;2*(H,2,3);/q;;;+2/p-2. The van der Waals surface area contributed by atoms with Crippen molar-refractivity contribution in [1.29, 1.82) is 0 Å². The molecule has 0 atom stereocenters. The smallest absolute Gasteiger partial charge is 0.444 e. The Morgan fingerprint density at radius 1 is 0.833 bits per heavy atom. The Kier molecular flexibility index (Phi) is 52.1. The van der Waals surface area contributed by atoms with Gasteiger partial charge in [0.2, 0.25) is 0 Å². The van der Waals surface area contributed by atoms with E-state index in [-0.39, 0.29) is 20.4 Å². The molecule has 0 saturated carbocycles. The maximum Gasteiger partial charge on any atom is 2.00 e. The van der Waals surface area contributed by atoms with Gasteiger partial charge in [0.05, 0.1) is 0 Å². The van der Waals surface area contributed by atoms with Crippen LogP contribution < -0.4 is 5.32 Å². The molecule has 0 amide bonds. The summed E-state index contributed by atoms with van der Waals surface area (Å²) < 4.78 is 0. The number of hydrogen-bond acceptors (Lipinski definition) is 7. The molecule has 0 fully saturated rings. The van der Waals surface area contributed by atoms with Crippen LogP contribution in [0, 0.1) is 20.2 Å². The van der Waals surface area contributed by atoms with Gasteiger partial charge in [-0.3, -0.25) is 0 Å². The van der Waals surface area contributed by atoms with Crippen molar-refractivity contribution in [2.75, 3.05) is 13.1 Å². The average Bonchev–Trinajstić information content (AvgIpc) is 2.30. The fourth-order valence-electron chi connectivity index (χ4n) is 1.12. The van der Waals surface area contributed by atoms with E-state index < -0.39 is 0 Å². The van der Waals surface area contributed by atoms with Gasteiger partial charge in [-0.25, -0.2) is 0 Å². The summed E-state index contributed by atoms with van der Waals surface area (Å²) in [6, 6.07) is 0. The summed E-state index contributed by atoms with van der Waals surface area (Å²) in [6.45, 7) is 6.93. The van der Waals surface area contributed by atoms with Crippen LogP contribution in [0.25, 0.3) is 0 Å². The van der Waals surface area contributed by atoms with Gasteiger partial charge in [-0.05, 0) is 25.9 Å². The van der Waals surface area contributed by atoms with Gasteiger partial charge in [0.15, 0.2) is 0 Å². The molecule has 0 aromatic heterocycles. The van der Waals surface area contributed by atoms with Crippen molar-refractivity contribution < 1.29 is 20.4 Å². The molecule has 0 aromatic carbocycles. The quantitative estimate of drug-likeness (QED) is 0.309. The van der Waals surface area contributed by atoms with Gasteiger partial charge in [0.1, 0.15) is 0 Å². The summed E-state index contributed by atoms with van der Waals surface area (Å²) in [5, 5.41) is 21.5. The molecule has 18 heavy (non-hydrogen) atoms. The van der Waals surface area contributed by atoms with Crippen molar-refractivity contribution in [2.45, 2.75) is 52.4 Å². The molecule has 0 saturated heterocycles. The largest absolute Gasteiger partial charge is 2.00 e. The van der Waals surface area contributed by atoms with Crippen LogP contribution in [0.5, 0.6) is 0 Å². The first-order valence-corrected chi connectivity index (χ1v) is 5.85. The Labute approximate surface area is 122 Å². The molecule has 0 unspecified atom stereocenters. The molecule has 0 aromatic rings. The van der Waals surface area contributed by atoms with Crippen molar-refractivity contribution in [3.63, 3.8) is 0 Å². The Hall–Kier alpha value is -0.578. The van der Waals surface area contributed by atoms with E-state index in [4.69, 9.17) is 20.2 Å². The molecular formula is C10H23N3O4Pd. The first kappa shape index (κ1) is 26.1. The summed E-state index contributed by atoms with van der Waals surface area (Å²) >= 11 is 0. The number of hydrogen-bond donors (Lipinski definition) is 1. The monoisotopic (exact) mass is 355 g/mol. The molecule has 7 nitrogen and oxygen atoms in total. The Morgan fingerprint density at radius 2 is 1.11 bits per heavy atom. The van der Waals surface area contributed by atoms with E-state index in [1.165, 1.54) is 51.6 Å².